The van der Waals surface area contributed by atoms with Crippen LogP contribution in [0.25, 0.3) is 33.3 Å². The van der Waals surface area contributed by atoms with Gasteiger partial charge in [-0.1, -0.05) is 35.9 Å². The van der Waals surface area contributed by atoms with Crippen molar-refractivity contribution in [2.24, 2.45) is 0 Å². The summed E-state index contributed by atoms with van der Waals surface area (Å²) >= 11 is 6.24. The van der Waals surface area contributed by atoms with E-state index in [0.29, 0.717) is 32.8 Å². The van der Waals surface area contributed by atoms with Gasteiger partial charge in [-0.15, -0.1) is 0 Å². The van der Waals surface area contributed by atoms with Crippen LogP contribution in [-0.2, 0) is 0 Å². The molecule has 2 aromatic carbocycles. The van der Waals surface area contributed by atoms with Crippen molar-refractivity contribution in [2.45, 2.75) is 0 Å². The molecule has 0 saturated carbocycles. The second kappa shape index (κ2) is 6.38. The van der Waals surface area contributed by atoms with Gasteiger partial charge in [0, 0.05) is 16.8 Å². The van der Waals surface area contributed by atoms with E-state index in [2.05, 4.69) is 4.98 Å². The molecular formula is C16H11BClNO4. The van der Waals surface area contributed by atoms with Crippen LogP contribution in [0.15, 0.2) is 57.7 Å². The lowest BCUT2D eigenvalue weighted by Gasteiger charge is -2.10. The zero-order valence-corrected chi connectivity index (χ0v) is 12.6. The molecule has 0 atom stereocenters. The molecule has 0 unspecified atom stereocenters. The highest BCUT2D eigenvalue weighted by Crippen LogP contribution is 2.33. The van der Waals surface area contributed by atoms with Gasteiger partial charge in [-0.05, 0) is 18.2 Å². The molecule has 1 heterocycles. The molecular weight excluding hydrogens is 316 g/mol. The third kappa shape index (κ3) is 2.79. The average molecular weight is 328 g/mol. The molecule has 114 valence electrons. The number of fused-ring (bicyclic) bond motifs is 4. The highest BCUT2D eigenvalue weighted by Gasteiger charge is 2.17. The van der Waals surface area contributed by atoms with Gasteiger partial charge in [-0.3, -0.25) is 4.79 Å². The Morgan fingerprint density at radius 1 is 1.09 bits per heavy atom. The van der Waals surface area contributed by atoms with E-state index in [1.54, 1.807) is 18.2 Å². The lowest BCUT2D eigenvalue weighted by atomic mass is 10.0. The first kappa shape index (κ1) is 15.5. The van der Waals surface area contributed by atoms with E-state index in [9.17, 15) is 4.79 Å². The van der Waals surface area contributed by atoms with Crippen molar-refractivity contribution in [3.8, 4) is 11.5 Å². The van der Waals surface area contributed by atoms with Gasteiger partial charge in [0.2, 0.25) is 0 Å². The minimum absolute atomic E-state index is 0.115. The van der Waals surface area contributed by atoms with Gasteiger partial charge in [0.25, 0.3) is 0 Å². The monoisotopic (exact) mass is 327 g/mol. The number of hydrogen-bond donors (Lipinski definition) is 2. The van der Waals surface area contributed by atoms with Crippen LogP contribution in [0.5, 0.6) is 0 Å². The first-order valence-electron chi connectivity index (χ1n) is 6.78. The Balaban J connectivity index is 0.000000485. The smallest absolute Gasteiger partial charge is 0.432 e. The summed E-state index contributed by atoms with van der Waals surface area (Å²) < 4.78 is 5.77. The van der Waals surface area contributed by atoms with Crippen molar-refractivity contribution in [1.29, 1.82) is 0 Å². The molecule has 0 bridgehead atoms. The molecule has 0 fully saturated rings. The van der Waals surface area contributed by atoms with E-state index in [1.165, 1.54) is 6.07 Å². The number of benzene rings is 3. The number of halogens is 1. The summed E-state index contributed by atoms with van der Waals surface area (Å²) in [4.78, 5) is 16.7. The molecule has 4 rings (SSSR count). The predicted molar refractivity (Wildman–Crippen MR) is 91.0 cm³/mol. The van der Waals surface area contributed by atoms with Crippen LogP contribution in [0.3, 0.4) is 0 Å². The highest BCUT2D eigenvalue weighted by atomic mass is 35.5. The van der Waals surface area contributed by atoms with Gasteiger partial charge in [0.15, 0.2) is 16.8 Å². The van der Waals surface area contributed by atoms with Gasteiger partial charge in [-0.25, -0.2) is 4.98 Å². The Morgan fingerprint density at radius 2 is 1.83 bits per heavy atom. The van der Waals surface area contributed by atoms with E-state index in [-0.39, 0.29) is 5.43 Å². The molecule has 1 aliphatic carbocycles. The number of para-hydroxylation sites is 2. The molecule has 1 aliphatic heterocycles. The van der Waals surface area contributed by atoms with Gasteiger partial charge < -0.3 is 14.5 Å². The van der Waals surface area contributed by atoms with Crippen LogP contribution in [0, 0.1) is 0 Å². The number of nitrogens with zero attached hydrogens (tertiary/aromatic N) is 1. The molecule has 2 aliphatic rings. The van der Waals surface area contributed by atoms with Gasteiger partial charge in [0.1, 0.15) is 11.2 Å². The summed E-state index contributed by atoms with van der Waals surface area (Å²) in [6.07, 6.45) is 0. The SMILES string of the molecule is O=c1cc2oc3ccccc3nc-2c2c(Cl)cccc12.OBO. The van der Waals surface area contributed by atoms with Crippen LogP contribution >= 0.6 is 11.6 Å². The molecule has 23 heavy (non-hydrogen) atoms. The maximum Gasteiger partial charge on any atom is 0.432 e. The van der Waals surface area contributed by atoms with E-state index >= 15 is 0 Å². The van der Waals surface area contributed by atoms with Crippen molar-refractivity contribution < 1.29 is 14.5 Å². The van der Waals surface area contributed by atoms with Crippen molar-refractivity contribution >= 4 is 41.2 Å². The zero-order valence-electron chi connectivity index (χ0n) is 11.9. The topological polar surface area (TPSA) is 83.6 Å². The summed E-state index contributed by atoms with van der Waals surface area (Å²) in [7, 11) is -0.750. The van der Waals surface area contributed by atoms with Crippen molar-refractivity contribution in [3.05, 3.63) is 63.8 Å². The maximum absolute atomic E-state index is 12.1. The first-order valence-corrected chi connectivity index (χ1v) is 7.16. The van der Waals surface area contributed by atoms with Crippen LogP contribution in [0.2, 0.25) is 5.02 Å². The second-order valence-electron chi connectivity index (χ2n) is 4.71. The minimum Gasteiger partial charge on any atom is -0.453 e. The van der Waals surface area contributed by atoms with Crippen LogP contribution in [0.1, 0.15) is 0 Å². The van der Waals surface area contributed by atoms with Gasteiger partial charge in [0.05, 0.1) is 5.02 Å². The summed E-state index contributed by atoms with van der Waals surface area (Å²) in [6, 6.07) is 14.2. The molecule has 0 aromatic heterocycles. The summed E-state index contributed by atoms with van der Waals surface area (Å²) in [6.45, 7) is 0. The molecule has 0 amide bonds. The molecule has 0 saturated heterocycles. The fourth-order valence-electron chi connectivity index (χ4n) is 2.42. The minimum atomic E-state index is -0.750. The lowest BCUT2D eigenvalue weighted by Crippen LogP contribution is -2.04. The van der Waals surface area contributed by atoms with E-state index in [4.69, 9.17) is 26.1 Å². The fourth-order valence-corrected chi connectivity index (χ4v) is 2.69. The van der Waals surface area contributed by atoms with Gasteiger partial charge >= 0.3 is 7.69 Å². The molecule has 7 heteroatoms. The summed E-state index contributed by atoms with van der Waals surface area (Å²) in [5.74, 6) is 0.453. The third-order valence-corrected chi connectivity index (χ3v) is 3.64. The molecule has 0 radical (unpaired) electrons. The standard InChI is InChI=1S/C16H8ClNO2.BH3O2/c17-10-5-3-4-9-12(19)8-14-16(15(9)10)18-11-6-1-2-7-13(11)20-14;2-1-3/h1-8H;1-3H. The summed E-state index contributed by atoms with van der Waals surface area (Å²) in [5.41, 5.74) is 1.88. The Hall–Kier alpha value is -2.41. The Labute approximate surface area is 136 Å². The number of aromatic nitrogens is 1. The Morgan fingerprint density at radius 3 is 2.61 bits per heavy atom. The van der Waals surface area contributed by atoms with E-state index in [1.807, 2.05) is 24.3 Å². The van der Waals surface area contributed by atoms with Crippen molar-refractivity contribution in [3.63, 3.8) is 0 Å². The number of hydrogen-bond acceptors (Lipinski definition) is 5. The lowest BCUT2D eigenvalue weighted by molar-refractivity contribution is 0.448. The summed E-state index contributed by atoms with van der Waals surface area (Å²) in [5, 5.41) is 16.0. The highest BCUT2D eigenvalue weighted by molar-refractivity contribution is 6.36. The fraction of sp³-hybridized carbons (Fsp3) is 0. The predicted octanol–water partition coefficient (Wildman–Crippen LogP) is 2.34. The quantitative estimate of drug-likeness (QED) is 0.294. The maximum atomic E-state index is 12.1. The van der Waals surface area contributed by atoms with Crippen LogP contribution < -0.4 is 5.43 Å². The normalized spacial score (nSPS) is 10.6. The first-order chi connectivity index (χ1) is 11.2. The van der Waals surface area contributed by atoms with Crippen LogP contribution in [0.4, 0.5) is 0 Å². The molecule has 2 aromatic rings. The zero-order chi connectivity index (χ0) is 16.4. The Kier molecular flexibility index (Phi) is 4.29. The Bertz CT molecular complexity index is 1020. The largest absolute Gasteiger partial charge is 0.453 e. The average Bonchev–Trinajstić information content (AvgIpc) is 2.54. The molecule has 2 N–H and O–H groups in total. The number of rotatable bonds is 0. The van der Waals surface area contributed by atoms with E-state index < -0.39 is 7.69 Å². The van der Waals surface area contributed by atoms with Gasteiger partial charge in [-0.2, -0.15) is 0 Å². The van der Waals surface area contributed by atoms with E-state index in [0.717, 1.165) is 5.52 Å². The van der Waals surface area contributed by atoms with Crippen molar-refractivity contribution in [2.75, 3.05) is 0 Å². The van der Waals surface area contributed by atoms with Crippen molar-refractivity contribution in [1.82, 2.24) is 4.98 Å². The molecule has 5 nitrogen and oxygen atoms in total. The second-order valence-corrected chi connectivity index (χ2v) is 5.11. The third-order valence-electron chi connectivity index (χ3n) is 3.33. The van der Waals surface area contributed by atoms with Crippen LogP contribution in [-0.4, -0.2) is 22.7 Å². The molecule has 0 spiro atoms.